The van der Waals surface area contributed by atoms with E-state index in [4.69, 9.17) is 15.4 Å². The Kier molecular flexibility index (Phi) is 3.74. The maximum atomic E-state index is 11.3. The van der Waals surface area contributed by atoms with Crippen LogP contribution in [0.1, 0.15) is 33.6 Å². The summed E-state index contributed by atoms with van der Waals surface area (Å²) in [4.78, 5) is 11.3. The fourth-order valence-corrected chi connectivity index (χ4v) is 2.66. The largest absolute Gasteiger partial charge is 0.446 e. The zero-order valence-corrected chi connectivity index (χ0v) is 11.1. The molecule has 0 aromatic rings. The average molecular weight is 270 g/mol. The maximum Gasteiger partial charge on any atom is 0.407 e. The van der Waals surface area contributed by atoms with Crippen molar-refractivity contribution in [2.75, 3.05) is 0 Å². The number of hydrogen-bond acceptors (Lipinski definition) is 4. The molecule has 7 heteroatoms. The first kappa shape index (κ1) is 13.6. The molecule has 1 amide bonds. The lowest BCUT2D eigenvalue weighted by Gasteiger charge is -2.33. The second kappa shape index (κ2) is 4.41. The molecule has 0 heterocycles. The summed E-state index contributed by atoms with van der Waals surface area (Å²) in [7, 11) is 1.65. The van der Waals surface area contributed by atoms with Crippen molar-refractivity contribution in [2.45, 2.75) is 50.5 Å². The van der Waals surface area contributed by atoms with E-state index in [0.29, 0.717) is 0 Å². The number of carbonyl (C=O) groups is 1. The van der Waals surface area contributed by atoms with Gasteiger partial charge in [0, 0.05) is 29.1 Å². The number of halogens is 1. The molecule has 0 radical (unpaired) electrons. The number of carbonyl (C=O) groups excluding carboxylic acids is 1. The summed E-state index contributed by atoms with van der Waals surface area (Å²) in [5, 5.41) is 2.05. The van der Waals surface area contributed by atoms with Crippen molar-refractivity contribution < 1.29 is 17.9 Å². The summed E-state index contributed by atoms with van der Waals surface area (Å²) >= 11 is 0. The van der Waals surface area contributed by atoms with E-state index in [-0.39, 0.29) is 24.5 Å². The van der Waals surface area contributed by atoms with E-state index in [2.05, 4.69) is 5.32 Å². The maximum absolute atomic E-state index is 11.3. The van der Waals surface area contributed by atoms with Crippen LogP contribution in [0.3, 0.4) is 0 Å². The first-order valence-corrected chi connectivity index (χ1v) is 7.37. The van der Waals surface area contributed by atoms with Crippen LogP contribution in [0.4, 0.5) is 4.79 Å². The van der Waals surface area contributed by atoms with E-state index >= 15 is 0 Å². The molecule has 1 rings (SSSR count). The number of nitrogens with one attached hydrogen (secondary N) is 1. The average Bonchev–Trinajstić information content (AvgIpc) is 1.89. The van der Waals surface area contributed by atoms with Gasteiger partial charge in [-0.2, -0.15) is 0 Å². The lowest BCUT2D eigenvalue weighted by atomic mass is 9.95. The number of ether oxygens (including phenoxy) is 1. The monoisotopic (exact) mass is 269 g/mol. The normalized spacial score (nSPS) is 25.8. The van der Waals surface area contributed by atoms with Gasteiger partial charge in [-0.05, 0) is 20.8 Å². The van der Waals surface area contributed by atoms with Crippen molar-refractivity contribution in [3.05, 3.63) is 0 Å². The standard InChI is InChI=1S/C9H16ClNO4S/c1-9(2,3)11-8(12)15-6-4-7(5-6)16(10,13)14/h6-7H,4-5H2,1-3H3,(H,11,12). The molecular weight excluding hydrogens is 254 g/mol. The minimum Gasteiger partial charge on any atom is -0.446 e. The van der Waals surface area contributed by atoms with Crippen LogP contribution in [0.5, 0.6) is 0 Å². The summed E-state index contributed by atoms with van der Waals surface area (Å²) < 4.78 is 26.8. The minimum absolute atomic E-state index is 0.281. The van der Waals surface area contributed by atoms with E-state index in [1.165, 1.54) is 0 Å². The van der Waals surface area contributed by atoms with Gasteiger partial charge in [0.25, 0.3) is 0 Å². The predicted octanol–water partition coefficient (Wildman–Crippen LogP) is 1.61. The molecule has 1 aliphatic carbocycles. The highest BCUT2D eigenvalue weighted by atomic mass is 35.7. The Bertz CT molecular complexity index is 367. The van der Waals surface area contributed by atoms with Crippen molar-refractivity contribution >= 4 is 25.8 Å². The Morgan fingerprint density at radius 2 is 1.88 bits per heavy atom. The highest BCUT2D eigenvalue weighted by Gasteiger charge is 2.40. The number of alkyl carbamates (subject to hydrolysis) is 1. The minimum atomic E-state index is -3.51. The first-order chi connectivity index (χ1) is 7.08. The molecule has 0 spiro atoms. The summed E-state index contributed by atoms with van der Waals surface area (Å²) in [6.07, 6.45) is -0.309. The zero-order chi connectivity index (χ0) is 12.6. The molecule has 0 aromatic carbocycles. The third kappa shape index (κ3) is 4.17. The number of hydrogen-bond donors (Lipinski definition) is 1. The van der Waals surface area contributed by atoms with Crippen LogP contribution in [-0.2, 0) is 13.8 Å². The van der Waals surface area contributed by atoms with E-state index in [0.717, 1.165) is 0 Å². The molecule has 0 aromatic heterocycles. The molecule has 1 N–H and O–H groups in total. The molecule has 0 unspecified atom stereocenters. The van der Waals surface area contributed by atoms with Gasteiger partial charge in [-0.1, -0.05) is 0 Å². The Hall–Kier alpha value is -0.490. The fraction of sp³-hybridized carbons (Fsp3) is 0.889. The zero-order valence-electron chi connectivity index (χ0n) is 9.49. The van der Waals surface area contributed by atoms with Crippen molar-refractivity contribution in [1.29, 1.82) is 0 Å². The Balaban J connectivity index is 2.31. The molecule has 5 nitrogen and oxygen atoms in total. The van der Waals surface area contributed by atoms with E-state index in [1.54, 1.807) is 0 Å². The van der Waals surface area contributed by atoms with Crippen LogP contribution >= 0.6 is 10.7 Å². The van der Waals surface area contributed by atoms with Gasteiger partial charge in [-0.15, -0.1) is 0 Å². The second-order valence-corrected chi connectivity index (χ2v) is 7.88. The van der Waals surface area contributed by atoms with Gasteiger partial charge in [0.15, 0.2) is 0 Å². The van der Waals surface area contributed by atoms with E-state index < -0.39 is 20.4 Å². The third-order valence-corrected chi connectivity index (χ3v) is 4.14. The van der Waals surface area contributed by atoms with Crippen molar-refractivity contribution in [1.82, 2.24) is 5.32 Å². The Morgan fingerprint density at radius 1 is 1.38 bits per heavy atom. The molecule has 94 valence electrons. The number of amides is 1. The van der Waals surface area contributed by atoms with E-state index in [1.807, 2.05) is 20.8 Å². The molecule has 0 atom stereocenters. The van der Waals surface area contributed by atoms with Crippen molar-refractivity contribution in [2.24, 2.45) is 0 Å². The Morgan fingerprint density at radius 3 is 2.25 bits per heavy atom. The van der Waals surface area contributed by atoms with Gasteiger partial charge in [-0.25, -0.2) is 13.2 Å². The smallest absolute Gasteiger partial charge is 0.407 e. The van der Waals surface area contributed by atoms with Gasteiger partial charge in [0.2, 0.25) is 9.05 Å². The summed E-state index contributed by atoms with van der Waals surface area (Å²) in [5.74, 6) is 0. The first-order valence-electron chi connectivity index (χ1n) is 5.00. The molecule has 0 saturated heterocycles. The van der Waals surface area contributed by atoms with Crippen LogP contribution in [0.25, 0.3) is 0 Å². The molecule has 16 heavy (non-hydrogen) atoms. The quantitative estimate of drug-likeness (QED) is 0.773. The summed E-state index contributed by atoms with van der Waals surface area (Å²) in [6, 6.07) is 0. The lowest BCUT2D eigenvalue weighted by Crippen LogP contribution is -2.46. The molecule has 1 saturated carbocycles. The van der Waals surface area contributed by atoms with Crippen LogP contribution in [0.15, 0.2) is 0 Å². The van der Waals surface area contributed by atoms with Gasteiger partial charge < -0.3 is 10.1 Å². The van der Waals surface area contributed by atoms with Crippen LogP contribution in [-0.4, -0.2) is 31.4 Å². The molecule has 0 aliphatic heterocycles. The second-order valence-electron chi connectivity index (χ2n) is 4.97. The van der Waals surface area contributed by atoms with E-state index in [9.17, 15) is 13.2 Å². The summed E-state index contributed by atoms with van der Waals surface area (Å²) in [6.45, 7) is 5.50. The highest BCUT2D eigenvalue weighted by Crippen LogP contribution is 2.31. The Labute approximate surface area is 99.9 Å². The third-order valence-electron chi connectivity index (χ3n) is 2.20. The van der Waals surface area contributed by atoms with Gasteiger partial charge in [0.1, 0.15) is 6.10 Å². The molecule has 0 bridgehead atoms. The SMILES string of the molecule is CC(C)(C)NC(=O)OC1CC(S(=O)(=O)Cl)C1. The van der Waals surface area contributed by atoms with Crippen molar-refractivity contribution in [3.63, 3.8) is 0 Å². The van der Waals surface area contributed by atoms with Crippen LogP contribution in [0, 0.1) is 0 Å². The fourth-order valence-electron chi connectivity index (χ4n) is 1.33. The van der Waals surface area contributed by atoms with Crippen LogP contribution in [0.2, 0.25) is 0 Å². The number of rotatable bonds is 2. The lowest BCUT2D eigenvalue weighted by molar-refractivity contribution is 0.0504. The molecule has 1 fully saturated rings. The highest BCUT2D eigenvalue weighted by molar-refractivity contribution is 8.14. The van der Waals surface area contributed by atoms with Gasteiger partial charge in [-0.3, -0.25) is 0 Å². The van der Waals surface area contributed by atoms with Gasteiger partial charge in [0.05, 0.1) is 5.25 Å². The topological polar surface area (TPSA) is 72.5 Å². The van der Waals surface area contributed by atoms with Crippen molar-refractivity contribution in [3.8, 4) is 0 Å². The predicted molar refractivity (Wildman–Crippen MR) is 61.0 cm³/mol. The van der Waals surface area contributed by atoms with Crippen LogP contribution < -0.4 is 5.32 Å². The van der Waals surface area contributed by atoms with Gasteiger partial charge >= 0.3 is 6.09 Å². The molecular formula is C9H16ClNO4S. The summed E-state index contributed by atoms with van der Waals surface area (Å²) in [5.41, 5.74) is -0.362. The molecule has 1 aliphatic rings.